The van der Waals surface area contributed by atoms with Gasteiger partial charge in [0, 0.05) is 24.7 Å². The number of hydrogen-bond donors (Lipinski definition) is 2. The number of ether oxygens (including phenoxy) is 1. The van der Waals surface area contributed by atoms with Crippen LogP contribution < -0.4 is 15.4 Å². The van der Waals surface area contributed by atoms with E-state index >= 15 is 0 Å². The molecule has 1 heterocycles. The van der Waals surface area contributed by atoms with Crippen molar-refractivity contribution in [3.05, 3.63) is 59.4 Å². The summed E-state index contributed by atoms with van der Waals surface area (Å²) in [4.78, 5) is 4.31. The monoisotopic (exact) mass is 391 g/mol. The molecular formula is C21H27ClFN3O. The predicted molar refractivity (Wildman–Crippen MR) is 112 cm³/mol. The van der Waals surface area contributed by atoms with E-state index in [1.807, 2.05) is 36.4 Å². The number of nitrogens with one attached hydrogen (secondary N) is 2. The molecule has 0 aliphatic carbocycles. The molecule has 146 valence electrons. The summed E-state index contributed by atoms with van der Waals surface area (Å²) in [6.07, 6.45) is 3.84. The molecule has 0 saturated carbocycles. The second-order valence-corrected chi connectivity index (χ2v) is 6.46. The molecule has 0 unspecified atom stereocenters. The lowest BCUT2D eigenvalue weighted by atomic mass is 10.0. The lowest BCUT2D eigenvalue weighted by Crippen LogP contribution is -2.26. The van der Waals surface area contributed by atoms with Crippen molar-refractivity contribution in [3.8, 4) is 5.75 Å². The first-order valence-electron chi connectivity index (χ1n) is 9.30. The number of nitrogens with zero attached hydrogens (tertiary/aromatic N) is 1. The molecule has 0 atom stereocenters. The Bertz CT molecular complexity index is 750. The van der Waals surface area contributed by atoms with E-state index in [-0.39, 0.29) is 18.2 Å². The summed E-state index contributed by atoms with van der Waals surface area (Å²) in [6.45, 7) is 4.47. The van der Waals surface area contributed by atoms with Crippen molar-refractivity contribution < 1.29 is 9.13 Å². The standard InChI is InChI=1S/C21H26FN3O.ClH/c1-2-3-4-13-26-19-10-7-17(20(22)15-19)14-16-5-8-18(9-6-16)25-21-23-11-12-24-21;/h5-10,15H,2-4,11-14H2,1H3,(H2,23,24,25);1H. The van der Waals surface area contributed by atoms with E-state index in [0.717, 1.165) is 49.6 Å². The molecule has 4 nitrogen and oxygen atoms in total. The van der Waals surface area contributed by atoms with Gasteiger partial charge in [0.05, 0.1) is 13.2 Å². The van der Waals surface area contributed by atoms with Gasteiger partial charge in [0.25, 0.3) is 0 Å². The van der Waals surface area contributed by atoms with Crippen molar-refractivity contribution in [1.82, 2.24) is 5.32 Å². The topological polar surface area (TPSA) is 45.6 Å². The Morgan fingerprint density at radius 1 is 1.15 bits per heavy atom. The second kappa shape index (κ2) is 10.8. The van der Waals surface area contributed by atoms with Gasteiger partial charge in [-0.25, -0.2) is 4.39 Å². The fraction of sp³-hybridized carbons (Fsp3) is 0.381. The molecule has 0 saturated heterocycles. The van der Waals surface area contributed by atoms with Crippen LogP contribution in [0, 0.1) is 5.82 Å². The summed E-state index contributed by atoms with van der Waals surface area (Å²) < 4.78 is 20.0. The average Bonchev–Trinajstić information content (AvgIpc) is 3.15. The SMILES string of the molecule is CCCCCOc1ccc(Cc2ccc(NC3=NCCN3)cc2)c(F)c1.Cl. The summed E-state index contributed by atoms with van der Waals surface area (Å²) in [5.74, 6) is 1.19. The van der Waals surface area contributed by atoms with Gasteiger partial charge in [-0.3, -0.25) is 4.99 Å². The number of hydrogen-bond acceptors (Lipinski definition) is 4. The van der Waals surface area contributed by atoms with Crippen LogP contribution in [0.5, 0.6) is 5.75 Å². The molecule has 2 aromatic rings. The minimum atomic E-state index is -0.218. The third kappa shape index (κ3) is 6.43. The van der Waals surface area contributed by atoms with Gasteiger partial charge in [-0.1, -0.05) is 38.0 Å². The highest BCUT2D eigenvalue weighted by molar-refractivity contribution is 5.94. The molecule has 2 aromatic carbocycles. The van der Waals surface area contributed by atoms with E-state index in [1.54, 1.807) is 0 Å². The lowest BCUT2D eigenvalue weighted by Gasteiger charge is -2.10. The van der Waals surface area contributed by atoms with Crippen LogP contribution in [0.2, 0.25) is 0 Å². The van der Waals surface area contributed by atoms with E-state index in [0.29, 0.717) is 24.3 Å². The maximum absolute atomic E-state index is 14.3. The van der Waals surface area contributed by atoms with Crippen LogP contribution in [0.3, 0.4) is 0 Å². The molecule has 27 heavy (non-hydrogen) atoms. The van der Waals surface area contributed by atoms with Crippen molar-refractivity contribution in [2.75, 3.05) is 25.0 Å². The van der Waals surface area contributed by atoms with E-state index in [9.17, 15) is 4.39 Å². The van der Waals surface area contributed by atoms with Crippen molar-refractivity contribution >= 4 is 24.1 Å². The molecule has 0 aromatic heterocycles. The zero-order valence-electron chi connectivity index (χ0n) is 15.6. The lowest BCUT2D eigenvalue weighted by molar-refractivity contribution is 0.304. The molecule has 6 heteroatoms. The molecule has 0 spiro atoms. The minimum absolute atomic E-state index is 0. The number of anilines is 1. The smallest absolute Gasteiger partial charge is 0.195 e. The fourth-order valence-electron chi connectivity index (χ4n) is 2.85. The van der Waals surface area contributed by atoms with E-state index in [2.05, 4.69) is 22.5 Å². The highest BCUT2D eigenvalue weighted by atomic mass is 35.5. The molecule has 1 aliphatic rings. The Hall–Kier alpha value is -2.27. The van der Waals surface area contributed by atoms with E-state index < -0.39 is 0 Å². The average molecular weight is 392 g/mol. The molecule has 3 rings (SSSR count). The van der Waals surface area contributed by atoms with Crippen LogP contribution in [0.4, 0.5) is 10.1 Å². The van der Waals surface area contributed by atoms with Crippen molar-refractivity contribution in [2.24, 2.45) is 4.99 Å². The number of aliphatic imine (C=N–C) groups is 1. The van der Waals surface area contributed by atoms with Gasteiger partial charge in [-0.2, -0.15) is 0 Å². The van der Waals surface area contributed by atoms with Gasteiger partial charge < -0.3 is 15.4 Å². The Balaban J connectivity index is 0.00000261. The molecule has 2 N–H and O–H groups in total. The van der Waals surface area contributed by atoms with Gasteiger partial charge in [0.2, 0.25) is 0 Å². The minimum Gasteiger partial charge on any atom is -0.493 e. The van der Waals surface area contributed by atoms with Crippen LogP contribution in [-0.2, 0) is 6.42 Å². The van der Waals surface area contributed by atoms with Crippen LogP contribution >= 0.6 is 12.4 Å². The Labute approximate surface area is 166 Å². The second-order valence-electron chi connectivity index (χ2n) is 6.46. The third-order valence-corrected chi connectivity index (χ3v) is 4.33. The predicted octanol–water partition coefficient (Wildman–Crippen LogP) is 4.78. The Morgan fingerprint density at radius 3 is 2.63 bits per heavy atom. The van der Waals surface area contributed by atoms with Crippen molar-refractivity contribution in [2.45, 2.75) is 32.6 Å². The van der Waals surface area contributed by atoms with Gasteiger partial charge in [0.15, 0.2) is 5.96 Å². The van der Waals surface area contributed by atoms with Gasteiger partial charge in [-0.15, -0.1) is 12.4 Å². The Kier molecular flexibility index (Phi) is 8.40. The Morgan fingerprint density at radius 2 is 1.96 bits per heavy atom. The number of unbranched alkanes of at least 4 members (excludes halogenated alkanes) is 2. The summed E-state index contributed by atoms with van der Waals surface area (Å²) in [6, 6.07) is 13.1. The van der Waals surface area contributed by atoms with E-state index in [1.165, 1.54) is 6.07 Å². The number of halogens is 2. The van der Waals surface area contributed by atoms with Crippen molar-refractivity contribution in [1.29, 1.82) is 0 Å². The molecule has 0 bridgehead atoms. The quantitative estimate of drug-likeness (QED) is 0.636. The number of rotatable bonds is 8. The van der Waals surface area contributed by atoms with Gasteiger partial charge in [0.1, 0.15) is 11.6 Å². The summed E-state index contributed by atoms with van der Waals surface area (Å²) in [5.41, 5.74) is 2.71. The van der Waals surface area contributed by atoms with Crippen molar-refractivity contribution in [3.63, 3.8) is 0 Å². The largest absolute Gasteiger partial charge is 0.493 e. The molecular weight excluding hydrogens is 365 g/mol. The summed E-state index contributed by atoms with van der Waals surface area (Å²) >= 11 is 0. The zero-order valence-corrected chi connectivity index (χ0v) is 16.4. The maximum Gasteiger partial charge on any atom is 0.195 e. The van der Waals surface area contributed by atoms with Crippen LogP contribution in [0.1, 0.15) is 37.3 Å². The van der Waals surface area contributed by atoms with E-state index in [4.69, 9.17) is 4.74 Å². The molecule has 1 aliphatic heterocycles. The fourth-order valence-corrected chi connectivity index (χ4v) is 2.85. The summed E-state index contributed by atoms with van der Waals surface area (Å²) in [5, 5.41) is 6.40. The molecule has 0 amide bonds. The first-order valence-corrected chi connectivity index (χ1v) is 9.30. The zero-order chi connectivity index (χ0) is 18.2. The molecule has 0 radical (unpaired) electrons. The first kappa shape index (κ1) is 21.0. The normalized spacial score (nSPS) is 12.7. The summed E-state index contributed by atoms with van der Waals surface area (Å²) in [7, 11) is 0. The third-order valence-electron chi connectivity index (χ3n) is 4.33. The first-order chi connectivity index (χ1) is 12.7. The number of benzene rings is 2. The van der Waals surface area contributed by atoms with Gasteiger partial charge >= 0.3 is 0 Å². The highest BCUT2D eigenvalue weighted by Crippen LogP contribution is 2.21. The van der Waals surface area contributed by atoms with Crippen LogP contribution in [0.25, 0.3) is 0 Å². The maximum atomic E-state index is 14.3. The van der Waals surface area contributed by atoms with Crippen LogP contribution in [0.15, 0.2) is 47.5 Å². The highest BCUT2D eigenvalue weighted by Gasteiger charge is 2.07. The molecule has 0 fully saturated rings. The van der Waals surface area contributed by atoms with Crippen LogP contribution in [-0.4, -0.2) is 25.7 Å². The van der Waals surface area contributed by atoms with Gasteiger partial charge in [-0.05, 0) is 35.7 Å². The number of guanidine groups is 1.